The number of nitrogens with one attached hydrogen (secondary N) is 1. The highest BCUT2D eigenvalue weighted by atomic mass is 35.5. The monoisotopic (exact) mass is 304 g/mol. The molecule has 0 aliphatic carbocycles. The van der Waals surface area contributed by atoms with E-state index in [0.717, 1.165) is 24.3 Å². The third-order valence-electron chi connectivity index (χ3n) is 2.52. The molecule has 3 N–H and O–H groups in total. The predicted molar refractivity (Wildman–Crippen MR) is 70.5 cm³/mol. The number of alkyl halides is 3. The second-order valence-electron chi connectivity index (χ2n) is 4.08. The Kier molecular flexibility index (Phi) is 3.76. The lowest BCUT2D eigenvalue weighted by molar-refractivity contribution is -0.137. The summed E-state index contributed by atoms with van der Waals surface area (Å²) < 4.78 is 50.6. The summed E-state index contributed by atoms with van der Waals surface area (Å²) in [4.78, 5) is 0. The maximum absolute atomic E-state index is 13.1. The molecule has 2 aromatic rings. The molecular formula is C13H9ClF4N2. The van der Waals surface area contributed by atoms with Crippen molar-refractivity contribution >= 4 is 28.7 Å². The lowest BCUT2D eigenvalue weighted by Crippen LogP contribution is -2.06. The van der Waals surface area contributed by atoms with Crippen LogP contribution in [0.4, 0.5) is 34.6 Å². The van der Waals surface area contributed by atoms with Crippen LogP contribution in [0.25, 0.3) is 0 Å². The largest absolute Gasteiger partial charge is 0.416 e. The summed E-state index contributed by atoms with van der Waals surface area (Å²) in [5.41, 5.74) is 5.14. The van der Waals surface area contributed by atoms with E-state index < -0.39 is 17.6 Å². The molecule has 20 heavy (non-hydrogen) atoms. The summed E-state index contributed by atoms with van der Waals surface area (Å²) in [6.07, 6.45) is -4.46. The van der Waals surface area contributed by atoms with Crippen molar-refractivity contribution in [1.82, 2.24) is 0 Å². The van der Waals surface area contributed by atoms with Gasteiger partial charge in [-0.3, -0.25) is 0 Å². The van der Waals surface area contributed by atoms with Crippen molar-refractivity contribution in [3.8, 4) is 0 Å². The molecule has 0 saturated heterocycles. The van der Waals surface area contributed by atoms with Crippen LogP contribution in [0.3, 0.4) is 0 Å². The van der Waals surface area contributed by atoms with Gasteiger partial charge in [0.2, 0.25) is 0 Å². The number of anilines is 3. The van der Waals surface area contributed by atoms with E-state index in [1.165, 1.54) is 12.1 Å². The summed E-state index contributed by atoms with van der Waals surface area (Å²) in [5.74, 6) is -0.564. The summed E-state index contributed by atoms with van der Waals surface area (Å²) in [6.45, 7) is 0. The quantitative estimate of drug-likeness (QED) is 0.616. The van der Waals surface area contributed by atoms with Gasteiger partial charge in [0.15, 0.2) is 0 Å². The molecule has 106 valence electrons. The smallest absolute Gasteiger partial charge is 0.397 e. The molecule has 0 radical (unpaired) electrons. The Labute approximate surface area is 117 Å². The molecule has 2 aromatic carbocycles. The molecule has 0 aliphatic rings. The minimum absolute atomic E-state index is 0.0970. The number of hydrogen-bond donors (Lipinski definition) is 2. The normalized spacial score (nSPS) is 11.4. The van der Waals surface area contributed by atoms with Crippen molar-refractivity contribution in [3.63, 3.8) is 0 Å². The van der Waals surface area contributed by atoms with E-state index in [-0.39, 0.29) is 16.4 Å². The first-order chi connectivity index (χ1) is 9.25. The van der Waals surface area contributed by atoms with E-state index >= 15 is 0 Å². The number of nitrogen functional groups attached to an aromatic ring is 1. The van der Waals surface area contributed by atoms with Crippen LogP contribution in [-0.4, -0.2) is 0 Å². The van der Waals surface area contributed by atoms with Crippen LogP contribution < -0.4 is 11.1 Å². The zero-order valence-electron chi connectivity index (χ0n) is 9.93. The van der Waals surface area contributed by atoms with E-state index in [1.54, 1.807) is 0 Å². The Morgan fingerprint density at radius 2 is 1.75 bits per heavy atom. The fourth-order valence-electron chi connectivity index (χ4n) is 1.63. The number of benzene rings is 2. The fraction of sp³-hybridized carbons (Fsp3) is 0.0769. The van der Waals surface area contributed by atoms with Gasteiger partial charge < -0.3 is 11.1 Å². The molecule has 0 fully saturated rings. The van der Waals surface area contributed by atoms with Gasteiger partial charge in [-0.15, -0.1) is 0 Å². The van der Waals surface area contributed by atoms with Crippen LogP contribution in [0, 0.1) is 5.82 Å². The molecule has 0 saturated carbocycles. The third-order valence-corrected chi connectivity index (χ3v) is 2.74. The van der Waals surface area contributed by atoms with Crippen molar-refractivity contribution in [2.24, 2.45) is 0 Å². The van der Waals surface area contributed by atoms with E-state index in [0.29, 0.717) is 5.69 Å². The van der Waals surface area contributed by atoms with E-state index in [9.17, 15) is 17.6 Å². The maximum atomic E-state index is 13.1. The molecule has 0 aliphatic heterocycles. The van der Waals surface area contributed by atoms with Crippen LogP contribution in [0.5, 0.6) is 0 Å². The van der Waals surface area contributed by atoms with E-state index in [2.05, 4.69) is 5.32 Å². The Bertz CT molecular complexity index is 621. The van der Waals surface area contributed by atoms with Gasteiger partial charge in [-0.1, -0.05) is 11.6 Å². The Morgan fingerprint density at radius 3 is 2.30 bits per heavy atom. The van der Waals surface area contributed by atoms with Crippen molar-refractivity contribution in [2.45, 2.75) is 6.18 Å². The Hall–Kier alpha value is -1.95. The van der Waals surface area contributed by atoms with Crippen molar-refractivity contribution in [2.75, 3.05) is 11.1 Å². The summed E-state index contributed by atoms with van der Waals surface area (Å²) in [6, 6.07) is 6.58. The summed E-state index contributed by atoms with van der Waals surface area (Å²) in [7, 11) is 0. The number of rotatable bonds is 2. The first kappa shape index (κ1) is 14.5. The average molecular weight is 305 g/mol. The van der Waals surface area contributed by atoms with Gasteiger partial charge in [0.05, 0.1) is 16.9 Å². The highest BCUT2D eigenvalue weighted by Gasteiger charge is 2.30. The first-order valence-electron chi connectivity index (χ1n) is 5.45. The van der Waals surface area contributed by atoms with Gasteiger partial charge in [0.1, 0.15) is 5.82 Å². The molecule has 0 amide bonds. The van der Waals surface area contributed by atoms with E-state index in [4.69, 9.17) is 17.3 Å². The lowest BCUT2D eigenvalue weighted by atomic mass is 10.1. The topological polar surface area (TPSA) is 38.0 Å². The minimum Gasteiger partial charge on any atom is -0.397 e. The highest BCUT2D eigenvalue weighted by molar-refractivity contribution is 6.30. The standard InChI is InChI=1S/C13H9ClF4N2/c14-8-4-9(15)6-10(5-8)20-12-2-1-7(3-11(12)19)13(16,17)18/h1-6,20H,19H2. The van der Waals surface area contributed by atoms with Crippen LogP contribution in [0.15, 0.2) is 36.4 Å². The predicted octanol–water partition coefficient (Wildman–Crippen LogP) is 4.82. The molecule has 2 nitrogen and oxygen atoms in total. The van der Waals surface area contributed by atoms with E-state index in [1.807, 2.05) is 0 Å². The molecule has 7 heteroatoms. The first-order valence-corrected chi connectivity index (χ1v) is 5.83. The zero-order chi connectivity index (χ0) is 14.9. The Morgan fingerprint density at radius 1 is 1.05 bits per heavy atom. The molecule has 0 spiro atoms. The minimum atomic E-state index is -4.46. The van der Waals surface area contributed by atoms with Gasteiger partial charge in [-0.25, -0.2) is 4.39 Å². The SMILES string of the molecule is Nc1cc(C(F)(F)F)ccc1Nc1cc(F)cc(Cl)c1. The molecule has 0 unspecified atom stereocenters. The van der Waals surface area contributed by atoms with Gasteiger partial charge >= 0.3 is 6.18 Å². The summed E-state index contributed by atoms with van der Waals surface area (Å²) >= 11 is 5.68. The highest BCUT2D eigenvalue weighted by Crippen LogP contribution is 2.34. The summed E-state index contributed by atoms with van der Waals surface area (Å²) in [5, 5.41) is 2.88. The molecular weight excluding hydrogens is 296 g/mol. The average Bonchev–Trinajstić information content (AvgIpc) is 2.29. The maximum Gasteiger partial charge on any atom is 0.416 e. The van der Waals surface area contributed by atoms with Crippen LogP contribution in [-0.2, 0) is 6.18 Å². The number of hydrogen-bond acceptors (Lipinski definition) is 2. The van der Waals surface area contributed by atoms with Gasteiger partial charge in [-0.05, 0) is 36.4 Å². The van der Waals surface area contributed by atoms with Gasteiger partial charge in [0.25, 0.3) is 0 Å². The van der Waals surface area contributed by atoms with Crippen LogP contribution in [0.1, 0.15) is 5.56 Å². The molecule has 0 aromatic heterocycles. The second-order valence-corrected chi connectivity index (χ2v) is 4.52. The lowest BCUT2D eigenvalue weighted by Gasteiger charge is -2.13. The molecule has 2 rings (SSSR count). The van der Waals surface area contributed by atoms with Crippen molar-refractivity contribution in [1.29, 1.82) is 0 Å². The zero-order valence-corrected chi connectivity index (χ0v) is 10.7. The molecule has 0 heterocycles. The second kappa shape index (κ2) is 5.20. The van der Waals surface area contributed by atoms with Gasteiger partial charge in [0, 0.05) is 10.7 Å². The molecule has 0 atom stereocenters. The fourth-order valence-corrected chi connectivity index (χ4v) is 1.86. The number of nitrogens with two attached hydrogens (primary N) is 1. The molecule has 0 bridgehead atoms. The Balaban J connectivity index is 2.30. The van der Waals surface area contributed by atoms with Gasteiger partial charge in [-0.2, -0.15) is 13.2 Å². The van der Waals surface area contributed by atoms with Crippen LogP contribution in [0.2, 0.25) is 5.02 Å². The number of halogens is 5. The third kappa shape index (κ3) is 3.33. The van der Waals surface area contributed by atoms with Crippen molar-refractivity contribution in [3.05, 3.63) is 52.8 Å². The van der Waals surface area contributed by atoms with Crippen LogP contribution >= 0.6 is 11.6 Å². The van der Waals surface area contributed by atoms with Crippen molar-refractivity contribution < 1.29 is 17.6 Å².